The molecule has 0 saturated heterocycles. The lowest BCUT2D eigenvalue weighted by atomic mass is 10.0. The van der Waals surface area contributed by atoms with Gasteiger partial charge in [0.05, 0.1) is 13.7 Å². The third-order valence-electron chi connectivity index (χ3n) is 2.96. The molecule has 0 bridgehead atoms. The lowest BCUT2D eigenvalue weighted by molar-refractivity contribution is 0.0607. The van der Waals surface area contributed by atoms with E-state index in [1.807, 2.05) is 36.6 Å². The fourth-order valence-corrected chi connectivity index (χ4v) is 3.01. The van der Waals surface area contributed by atoms with Gasteiger partial charge in [0.25, 0.3) is 0 Å². The fourth-order valence-electron chi connectivity index (χ4n) is 2.03. The summed E-state index contributed by atoms with van der Waals surface area (Å²) in [6, 6.07) is 7.80. The molecule has 4 heteroatoms. The van der Waals surface area contributed by atoms with Crippen molar-refractivity contribution in [2.24, 2.45) is 0 Å². The lowest BCUT2D eigenvalue weighted by Gasteiger charge is -2.12. The number of benzene rings is 1. The zero-order valence-electron chi connectivity index (χ0n) is 11.9. The number of hydrogen-bond acceptors (Lipinski definition) is 4. The Hall–Kier alpha value is -1.81. The molecular weight excluding hydrogens is 272 g/mol. The van der Waals surface area contributed by atoms with Gasteiger partial charge < -0.3 is 9.47 Å². The Bertz CT molecular complexity index is 602. The van der Waals surface area contributed by atoms with Gasteiger partial charge in [-0.3, -0.25) is 0 Å². The normalized spacial score (nSPS) is 10.3. The maximum atomic E-state index is 11.9. The molecule has 1 heterocycles. The van der Waals surface area contributed by atoms with Crippen LogP contribution in [-0.4, -0.2) is 19.7 Å². The summed E-state index contributed by atoms with van der Waals surface area (Å²) in [7, 11) is 1.40. The predicted molar refractivity (Wildman–Crippen MR) is 81.6 cm³/mol. The molecular formula is C16H18O3S. The molecule has 1 aromatic carbocycles. The first kappa shape index (κ1) is 14.6. The number of esters is 1. The van der Waals surface area contributed by atoms with Crippen molar-refractivity contribution in [2.75, 3.05) is 13.7 Å². The molecule has 0 saturated carbocycles. The minimum absolute atomic E-state index is 0.302. The van der Waals surface area contributed by atoms with Crippen LogP contribution >= 0.6 is 11.3 Å². The van der Waals surface area contributed by atoms with Gasteiger partial charge in [-0.1, -0.05) is 25.1 Å². The van der Waals surface area contributed by atoms with E-state index in [0.717, 1.165) is 28.9 Å². The maximum absolute atomic E-state index is 11.9. The summed E-state index contributed by atoms with van der Waals surface area (Å²) in [4.78, 5) is 12.5. The van der Waals surface area contributed by atoms with Crippen molar-refractivity contribution in [1.82, 2.24) is 0 Å². The first-order valence-corrected chi connectivity index (χ1v) is 7.45. The summed E-state index contributed by atoms with van der Waals surface area (Å²) in [6.07, 6.45) is 0.945. The highest BCUT2D eigenvalue weighted by molar-refractivity contribution is 7.12. The van der Waals surface area contributed by atoms with E-state index in [2.05, 4.69) is 6.92 Å². The van der Waals surface area contributed by atoms with Crippen molar-refractivity contribution in [3.63, 3.8) is 0 Å². The number of aryl methyl sites for hydroxylation is 1. The minimum Gasteiger partial charge on any atom is -0.493 e. The topological polar surface area (TPSA) is 35.5 Å². The number of rotatable bonds is 5. The minimum atomic E-state index is -0.302. The standard InChI is InChI=1S/C16H18O3S/c1-4-9-19-13-8-6-5-7-12(13)14-11(2)10-20-15(14)16(17)18-3/h5-8,10H,4,9H2,1-3H3. The Kier molecular flexibility index (Phi) is 4.79. The summed E-state index contributed by atoms with van der Waals surface area (Å²) in [5.74, 6) is 0.504. The number of carbonyl (C=O) groups excluding carboxylic acids is 1. The van der Waals surface area contributed by atoms with Crippen LogP contribution in [0, 0.1) is 6.92 Å². The van der Waals surface area contributed by atoms with Crippen LogP contribution in [0.25, 0.3) is 11.1 Å². The molecule has 106 valence electrons. The van der Waals surface area contributed by atoms with Crippen LogP contribution < -0.4 is 4.74 Å². The largest absolute Gasteiger partial charge is 0.493 e. The van der Waals surface area contributed by atoms with E-state index in [1.165, 1.54) is 18.4 Å². The SMILES string of the molecule is CCCOc1ccccc1-c1c(C)csc1C(=O)OC. The molecule has 3 nitrogen and oxygen atoms in total. The summed E-state index contributed by atoms with van der Waals surface area (Å²) in [6.45, 7) is 4.72. The molecule has 0 spiro atoms. The molecule has 0 aliphatic heterocycles. The van der Waals surface area contributed by atoms with Gasteiger partial charge in [-0.15, -0.1) is 11.3 Å². The third-order valence-corrected chi connectivity index (χ3v) is 4.04. The van der Waals surface area contributed by atoms with Crippen LogP contribution in [0.3, 0.4) is 0 Å². The summed E-state index contributed by atoms with van der Waals surface area (Å²) in [5.41, 5.74) is 2.91. The fraction of sp³-hybridized carbons (Fsp3) is 0.312. The second-order valence-electron chi connectivity index (χ2n) is 4.46. The number of hydrogen-bond donors (Lipinski definition) is 0. The average Bonchev–Trinajstić information content (AvgIpc) is 2.86. The van der Waals surface area contributed by atoms with Crippen molar-refractivity contribution in [3.05, 3.63) is 40.1 Å². The van der Waals surface area contributed by atoms with Gasteiger partial charge in [0.1, 0.15) is 10.6 Å². The molecule has 0 unspecified atom stereocenters. The number of thiophene rings is 1. The Morgan fingerprint density at radius 1 is 1.30 bits per heavy atom. The molecule has 0 fully saturated rings. The lowest BCUT2D eigenvalue weighted by Crippen LogP contribution is -2.02. The highest BCUT2D eigenvalue weighted by Crippen LogP contribution is 2.38. The molecule has 2 aromatic rings. The van der Waals surface area contributed by atoms with Gasteiger partial charge in [0.15, 0.2) is 0 Å². The van der Waals surface area contributed by atoms with Crippen molar-refractivity contribution >= 4 is 17.3 Å². The Morgan fingerprint density at radius 3 is 2.75 bits per heavy atom. The third kappa shape index (κ3) is 2.85. The van der Waals surface area contributed by atoms with Crippen molar-refractivity contribution in [2.45, 2.75) is 20.3 Å². The molecule has 0 amide bonds. The molecule has 0 radical (unpaired) electrons. The maximum Gasteiger partial charge on any atom is 0.348 e. The van der Waals surface area contributed by atoms with Crippen molar-refractivity contribution in [1.29, 1.82) is 0 Å². The number of ether oxygens (including phenoxy) is 2. The first-order chi connectivity index (χ1) is 9.69. The molecule has 1 aromatic heterocycles. The van der Waals surface area contributed by atoms with E-state index >= 15 is 0 Å². The Morgan fingerprint density at radius 2 is 2.05 bits per heavy atom. The summed E-state index contributed by atoms with van der Waals surface area (Å²) < 4.78 is 10.6. The Balaban J connectivity index is 2.51. The zero-order valence-corrected chi connectivity index (χ0v) is 12.8. The van der Waals surface area contributed by atoms with E-state index < -0.39 is 0 Å². The monoisotopic (exact) mass is 290 g/mol. The second-order valence-corrected chi connectivity index (χ2v) is 5.34. The van der Waals surface area contributed by atoms with E-state index in [4.69, 9.17) is 9.47 Å². The van der Waals surface area contributed by atoms with Gasteiger partial charge in [0.2, 0.25) is 0 Å². The van der Waals surface area contributed by atoms with E-state index in [-0.39, 0.29) is 5.97 Å². The molecule has 20 heavy (non-hydrogen) atoms. The van der Waals surface area contributed by atoms with Crippen molar-refractivity contribution < 1.29 is 14.3 Å². The Labute approximate surface area is 123 Å². The van der Waals surface area contributed by atoms with Crippen LogP contribution in [-0.2, 0) is 4.74 Å². The molecule has 0 atom stereocenters. The van der Waals surface area contributed by atoms with Crippen LogP contribution in [0.4, 0.5) is 0 Å². The summed E-state index contributed by atoms with van der Waals surface area (Å²) in [5, 5.41) is 1.97. The van der Waals surface area contributed by atoms with Crippen LogP contribution in [0.5, 0.6) is 5.75 Å². The summed E-state index contributed by atoms with van der Waals surface area (Å²) >= 11 is 1.41. The van der Waals surface area contributed by atoms with E-state index in [1.54, 1.807) is 0 Å². The highest BCUT2D eigenvalue weighted by atomic mass is 32.1. The van der Waals surface area contributed by atoms with E-state index in [0.29, 0.717) is 11.5 Å². The van der Waals surface area contributed by atoms with Gasteiger partial charge in [0, 0.05) is 11.1 Å². The van der Waals surface area contributed by atoms with Gasteiger partial charge in [-0.25, -0.2) is 4.79 Å². The zero-order chi connectivity index (χ0) is 14.5. The van der Waals surface area contributed by atoms with E-state index in [9.17, 15) is 4.79 Å². The van der Waals surface area contributed by atoms with Crippen LogP contribution in [0.1, 0.15) is 28.6 Å². The predicted octanol–water partition coefficient (Wildman–Crippen LogP) is 4.30. The molecule has 0 N–H and O–H groups in total. The number of carbonyl (C=O) groups is 1. The second kappa shape index (κ2) is 6.57. The first-order valence-electron chi connectivity index (χ1n) is 6.57. The van der Waals surface area contributed by atoms with Gasteiger partial charge >= 0.3 is 5.97 Å². The quantitative estimate of drug-likeness (QED) is 0.770. The molecule has 0 aliphatic carbocycles. The van der Waals surface area contributed by atoms with Crippen LogP contribution in [0.15, 0.2) is 29.6 Å². The highest BCUT2D eigenvalue weighted by Gasteiger charge is 2.20. The average molecular weight is 290 g/mol. The van der Waals surface area contributed by atoms with Gasteiger partial charge in [-0.05, 0) is 30.4 Å². The molecule has 0 aliphatic rings. The smallest absolute Gasteiger partial charge is 0.348 e. The number of methoxy groups -OCH3 is 1. The van der Waals surface area contributed by atoms with Gasteiger partial charge in [-0.2, -0.15) is 0 Å². The molecule has 2 rings (SSSR count). The number of para-hydroxylation sites is 1. The van der Waals surface area contributed by atoms with Crippen molar-refractivity contribution in [3.8, 4) is 16.9 Å². The van der Waals surface area contributed by atoms with Crippen LogP contribution in [0.2, 0.25) is 0 Å².